The van der Waals surface area contributed by atoms with Crippen molar-refractivity contribution < 1.29 is 14.6 Å². The molecule has 0 fully saturated rings. The summed E-state index contributed by atoms with van der Waals surface area (Å²) in [6, 6.07) is 13.8. The third-order valence-electron chi connectivity index (χ3n) is 5.09. The zero-order chi connectivity index (χ0) is 22.5. The van der Waals surface area contributed by atoms with Crippen molar-refractivity contribution in [2.75, 3.05) is 13.2 Å². The number of hydrogen-bond acceptors (Lipinski definition) is 5. The Kier molecular flexibility index (Phi) is 7.07. The van der Waals surface area contributed by atoms with E-state index in [1.807, 2.05) is 63.2 Å². The zero-order valence-corrected chi connectivity index (χ0v) is 18.7. The number of amides is 1. The fourth-order valence-electron chi connectivity index (χ4n) is 3.44. The smallest absolute Gasteiger partial charge is 0.291 e. The maximum Gasteiger partial charge on any atom is 0.291 e. The molecule has 7 nitrogen and oxygen atoms in total. The number of aliphatic hydroxyl groups excluding tert-OH is 1. The molecule has 31 heavy (non-hydrogen) atoms. The van der Waals surface area contributed by atoms with E-state index < -0.39 is 12.0 Å². The number of nitrogens with zero attached hydrogens (tertiary/aromatic N) is 3. The Bertz CT molecular complexity index is 1040. The second kappa shape index (κ2) is 9.75. The molecule has 0 aliphatic rings. The summed E-state index contributed by atoms with van der Waals surface area (Å²) < 4.78 is 7.43. The number of carbonyl (C=O) groups excluding carboxylic acids is 1. The van der Waals surface area contributed by atoms with Gasteiger partial charge in [-0.1, -0.05) is 50.2 Å². The first-order valence-corrected chi connectivity index (χ1v) is 10.5. The van der Waals surface area contributed by atoms with Gasteiger partial charge >= 0.3 is 0 Å². The van der Waals surface area contributed by atoms with Gasteiger partial charge in [0, 0.05) is 6.54 Å². The van der Waals surface area contributed by atoms with E-state index in [9.17, 15) is 9.90 Å². The van der Waals surface area contributed by atoms with Crippen LogP contribution in [0.5, 0.6) is 5.75 Å². The van der Waals surface area contributed by atoms with Crippen LogP contribution in [-0.4, -0.2) is 45.0 Å². The number of aryl methyl sites for hydroxylation is 3. The summed E-state index contributed by atoms with van der Waals surface area (Å²) in [6.45, 7) is 10.1. The molecular weight excluding hydrogens is 392 g/mol. The van der Waals surface area contributed by atoms with Crippen LogP contribution in [0.1, 0.15) is 52.9 Å². The molecule has 0 aliphatic carbocycles. The highest BCUT2D eigenvalue weighted by Gasteiger charge is 2.18. The van der Waals surface area contributed by atoms with Crippen molar-refractivity contribution in [3.05, 3.63) is 70.8 Å². The van der Waals surface area contributed by atoms with Crippen molar-refractivity contribution in [3.8, 4) is 11.4 Å². The van der Waals surface area contributed by atoms with Crippen molar-refractivity contribution in [2.45, 2.75) is 46.6 Å². The van der Waals surface area contributed by atoms with Gasteiger partial charge in [0.15, 0.2) is 0 Å². The standard InChI is InChI=1S/C24H30N4O3/c1-15(2)20-11-6-7-12-21(20)28-18(5)26-23(27-28)24(30)25-13-19(29)14-31-22-16(3)9-8-10-17(22)4/h6-12,15,19,29H,13-14H2,1-5H3,(H,25,30). The van der Waals surface area contributed by atoms with E-state index in [4.69, 9.17) is 4.74 Å². The monoisotopic (exact) mass is 422 g/mol. The molecule has 1 aromatic heterocycles. The minimum Gasteiger partial charge on any atom is -0.490 e. The Labute approximate surface area is 183 Å². The highest BCUT2D eigenvalue weighted by Crippen LogP contribution is 2.23. The van der Waals surface area contributed by atoms with Crippen LogP contribution in [0.4, 0.5) is 0 Å². The second-order valence-corrected chi connectivity index (χ2v) is 8.00. The number of aromatic nitrogens is 3. The number of aliphatic hydroxyl groups is 1. The molecule has 0 saturated heterocycles. The van der Waals surface area contributed by atoms with E-state index in [1.54, 1.807) is 4.68 Å². The fraction of sp³-hybridized carbons (Fsp3) is 0.375. The summed E-state index contributed by atoms with van der Waals surface area (Å²) in [7, 11) is 0. The Morgan fingerprint density at radius 3 is 2.45 bits per heavy atom. The lowest BCUT2D eigenvalue weighted by atomic mass is 10.0. The number of hydrogen-bond donors (Lipinski definition) is 2. The van der Waals surface area contributed by atoms with Gasteiger partial charge in [0.25, 0.3) is 5.91 Å². The summed E-state index contributed by atoms with van der Waals surface area (Å²) in [5.74, 6) is 1.32. The van der Waals surface area contributed by atoms with E-state index in [2.05, 4.69) is 29.2 Å². The van der Waals surface area contributed by atoms with Gasteiger partial charge in [0.2, 0.25) is 5.82 Å². The molecule has 7 heteroatoms. The molecule has 3 aromatic rings. The van der Waals surface area contributed by atoms with Gasteiger partial charge in [-0.2, -0.15) is 0 Å². The van der Waals surface area contributed by atoms with Crippen LogP contribution in [0, 0.1) is 20.8 Å². The minimum absolute atomic E-state index is 0.0416. The van der Waals surface area contributed by atoms with Gasteiger partial charge in [-0.15, -0.1) is 5.10 Å². The zero-order valence-electron chi connectivity index (χ0n) is 18.7. The highest BCUT2D eigenvalue weighted by atomic mass is 16.5. The number of rotatable bonds is 8. The van der Waals surface area contributed by atoms with Gasteiger partial charge in [-0.05, 0) is 49.4 Å². The van der Waals surface area contributed by atoms with Crippen LogP contribution < -0.4 is 10.1 Å². The van der Waals surface area contributed by atoms with E-state index in [-0.39, 0.29) is 19.0 Å². The summed E-state index contributed by atoms with van der Waals surface area (Å²) >= 11 is 0. The molecular formula is C24H30N4O3. The predicted molar refractivity (Wildman–Crippen MR) is 120 cm³/mol. The third kappa shape index (κ3) is 5.30. The molecule has 1 amide bonds. The number of para-hydroxylation sites is 2. The quantitative estimate of drug-likeness (QED) is 0.580. The van der Waals surface area contributed by atoms with Crippen molar-refractivity contribution in [3.63, 3.8) is 0 Å². The molecule has 1 heterocycles. The molecule has 1 unspecified atom stereocenters. The number of nitrogens with one attached hydrogen (secondary N) is 1. The van der Waals surface area contributed by atoms with E-state index in [0.717, 1.165) is 28.1 Å². The van der Waals surface area contributed by atoms with Gasteiger partial charge in [0.1, 0.15) is 24.3 Å². The lowest BCUT2D eigenvalue weighted by Gasteiger charge is -2.15. The Morgan fingerprint density at radius 2 is 1.77 bits per heavy atom. The average molecular weight is 423 g/mol. The number of benzene rings is 2. The lowest BCUT2D eigenvalue weighted by Crippen LogP contribution is -2.36. The van der Waals surface area contributed by atoms with Crippen LogP contribution in [-0.2, 0) is 0 Å². The summed E-state index contributed by atoms with van der Waals surface area (Å²) in [5, 5.41) is 17.3. The summed E-state index contributed by atoms with van der Waals surface area (Å²) in [4.78, 5) is 16.9. The Balaban J connectivity index is 1.62. The second-order valence-electron chi connectivity index (χ2n) is 8.00. The van der Waals surface area contributed by atoms with E-state index in [0.29, 0.717) is 11.7 Å². The van der Waals surface area contributed by atoms with Crippen molar-refractivity contribution >= 4 is 5.91 Å². The maximum absolute atomic E-state index is 12.5. The van der Waals surface area contributed by atoms with Crippen LogP contribution in [0.25, 0.3) is 5.69 Å². The first-order valence-electron chi connectivity index (χ1n) is 10.5. The molecule has 2 aromatic carbocycles. The molecule has 1 atom stereocenters. The number of ether oxygens (including phenoxy) is 1. The summed E-state index contributed by atoms with van der Waals surface area (Å²) in [6.07, 6.45) is -0.854. The Morgan fingerprint density at radius 1 is 1.10 bits per heavy atom. The van der Waals surface area contributed by atoms with Gasteiger partial charge < -0.3 is 15.2 Å². The van der Waals surface area contributed by atoms with Crippen molar-refractivity contribution in [1.82, 2.24) is 20.1 Å². The third-order valence-corrected chi connectivity index (χ3v) is 5.09. The maximum atomic E-state index is 12.5. The molecule has 0 aliphatic heterocycles. The molecule has 3 rings (SSSR count). The normalized spacial score (nSPS) is 12.1. The SMILES string of the molecule is Cc1cccc(C)c1OCC(O)CNC(=O)c1nc(C)n(-c2ccccc2C(C)C)n1. The highest BCUT2D eigenvalue weighted by molar-refractivity contribution is 5.90. The largest absolute Gasteiger partial charge is 0.490 e. The van der Waals surface area contributed by atoms with Crippen LogP contribution in [0.3, 0.4) is 0 Å². The molecule has 0 radical (unpaired) electrons. The van der Waals surface area contributed by atoms with Crippen LogP contribution in [0.2, 0.25) is 0 Å². The van der Waals surface area contributed by atoms with Gasteiger partial charge in [0.05, 0.1) is 5.69 Å². The van der Waals surface area contributed by atoms with Crippen molar-refractivity contribution in [1.29, 1.82) is 0 Å². The Hall–Kier alpha value is -3.19. The topological polar surface area (TPSA) is 89.3 Å². The fourth-order valence-corrected chi connectivity index (χ4v) is 3.44. The molecule has 2 N–H and O–H groups in total. The molecule has 0 spiro atoms. The predicted octanol–water partition coefficient (Wildman–Crippen LogP) is 3.49. The van der Waals surface area contributed by atoms with Crippen LogP contribution >= 0.6 is 0 Å². The summed E-state index contributed by atoms with van der Waals surface area (Å²) in [5.41, 5.74) is 4.04. The van der Waals surface area contributed by atoms with E-state index in [1.165, 1.54) is 0 Å². The van der Waals surface area contributed by atoms with Gasteiger partial charge in [-0.25, -0.2) is 9.67 Å². The average Bonchev–Trinajstić information content (AvgIpc) is 3.13. The van der Waals surface area contributed by atoms with Crippen molar-refractivity contribution in [2.24, 2.45) is 0 Å². The first-order chi connectivity index (χ1) is 14.8. The number of carbonyl (C=O) groups is 1. The lowest BCUT2D eigenvalue weighted by molar-refractivity contribution is 0.0833. The van der Waals surface area contributed by atoms with Gasteiger partial charge in [-0.3, -0.25) is 4.79 Å². The van der Waals surface area contributed by atoms with E-state index >= 15 is 0 Å². The first kappa shape index (κ1) is 22.5. The molecule has 164 valence electrons. The minimum atomic E-state index is -0.854. The van der Waals surface area contributed by atoms with Crippen LogP contribution in [0.15, 0.2) is 42.5 Å². The molecule has 0 bridgehead atoms. The molecule has 0 saturated carbocycles.